The van der Waals surface area contributed by atoms with Gasteiger partial charge >= 0.3 is 0 Å². The zero-order valence-corrected chi connectivity index (χ0v) is 11.9. The van der Waals surface area contributed by atoms with Gasteiger partial charge in [-0.05, 0) is 35.0 Å². The van der Waals surface area contributed by atoms with E-state index >= 15 is 0 Å². The minimum atomic E-state index is -0.220. The summed E-state index contributed by atoms with van der Waals surface area (Å²) in [4.78, 5) is 16.0. The van der Waals surface area contributed by atoms with E-state index in [1.54, 1.807) is 12.3 Å². The van der Waals surface area contributed by atoms with Crippen LogP contribution in [0.1, 0.15) is 11.4 Å². The number of anilines is 1. The number of carbonyl (C=O) groups is 1. The third-order valence-corrected chi connectivity index (χ3v) is 3.23. The van der Waals surface area contributed by atoms with E-state index in [4.69, 9.17) is 5.73 Å². The summed E-state index contributed by atoms with van der Waals surface area (Å²) in [6.45, 7) is 2.23. The summed E-state index contributed by atoms with van der Waals surface area (Å²) in [5, 5.41) is 10.3. The molecule has 0 bridgehead atoms. The first-order chi connectivity index (χ1) is 9.08. The molecule has 19 heavy (non-hydrogen) atoms. The number of nitrogens with zero attached hydrogens (tertiary/aromatic N) is 4. The lowest BCUT2D eigenvalue weighted by Gasteiger charge is -2.05. The highest BCUT2D eigenvalue weighted by Crippen LogP contribution is 2.16. The minimum Gasteiger partial charge on any atom is -0.325 e. The van der Waals surface area contributed by atoms with Gasteiger partial charge < -0.3 is 11.1 Å². The highest BCUT2D eigenvalue weighted by atomic mass is 79.9. The third-order valence-electron chi connectivity index (χ3n) is 2.39. The highest BCUT2D eigenvalue weighted by Gasteiger charge is 2.07. The summed E-state index contributed by atoms with van der Waals surface area (Å²) in [7, 11) is 0. The Hall–Kier alpha value is -1.80. The SMILES string of the molecule is Cc1nc(NC(=O)Cn2cc(CN)nn2)ccc1Br. The number of aryl methyl sites for hydroxylation is 1. The maximum atomic E-state index is 11.8. The molecule has 0 fully saturated rings. The molecule has 3 N–H and O–H groups in total. The summed E-state index contributed by atoms with van der Waals surface area (Å²) in [5.74, 6) is 0.285. The van der Waals surface area contributed by atoms with Gasteiger partial charge in [-0.15, -0.1) is 5.10 Å². The van der Waals surface area contributed by atoms with E-state index in [9.17, 15) is 4.79 Å². The van der Waals surface area contributed by atoms with Gasteiger partial charge in [0.2, 0.25) is 5.91 Å². The Morgan fingerprint density at radius 3 is 2.95 bits per heavy atom. The second kappa shape index (κ2) is 5.89. The summed E-state index contributed by atoms with van der Waals surface area (Å²) in [6.07, 6.45) is 1.64. The molecule has 100 valence electrons. The number of carbonyl (C=O) groups excluding carboxylic acids is 1. The second-order valence-corrected chi connectivity index (χ2v) is 4.78. The van der Waals surface area contributed by atoms with Gasteiger partial charge in [-0.1, -0.05) is 5.21 Å². The molecule has 0 aliphatic rings. The first-order valence-electron chi connectivity index (χ1n) is 5.60. The molecular formula is C11H13BrN6O. The normalized spacial score (nSPS) is 10.5. The molecule has 8 heteroatoms. The Balaban J connectivity index is 1.98. The number of nitrogens with two attached hydrogens (primary N) is 1. The van der Waals surface area contributed by atoms with Crippen molar-refractivity contribution in [1.82, 2.24) is 20.0 Å². The molecule has 2 heterocycles. The standard InChI is InChI=1S/C11H13BrN6O/c1-7-9(12)2-3-10(14-7)15-11(19)6-18-5-8(4-13)16-17-18/h2-3,5H,4,6,13H2,1H3,(H,14,15,19). The van der Waals surface area contributed by atoms with Gasteiger partial charge in [0.15, 0.2) is 0 Å². The predicted octanol–water partition coefficient (Wildman–Crippen LogP) is 0.841. The lowest BCUT2D eigenvalue weighted by Crippen LogP contribution is -2.20. The van der Waals surface area contributed by atoms with Crippen LogP contribution in [0.3, 0.4) is 0 Å². The Bertz CT molecular complexity index is 597. The maximum absolute atomic E-state index is 11.8. The fourth-order valence-corrected chi connectivity index (χ4v) is 1.67. The smallest absolute Gasteiger partial charge is 0.247 e. The van der Waals surface area contributed by atoms with Crippen LogP contribution in [0, 0.1) is 6.92 Å². The molecule has 0 aliphatic carbocycles. The highest BCUT2D eigenvalue weighted by molar-refractivity contribution is 9.10. The fourth-order valence-electron chi connectivity index (χ4n) is 1.45. The van der Waals surface area contributed by atoms with Gasteiger partial charge in [-0.25, -0.2) is 9.67 Å². The molecule has 0 aliphatic heterocycles. The molecule has 0 saturated heterocycles. The van der Waals surface area contributed by atoms with Crippen molar-refractivity contribution in [3.63, 3.8) is 0 Å². The van der Waals surface area contributed by atoms with E-state index in [2.05, 4.69) is 36.5 Å². The molecule has 2 aromatic rings. The van der Waals surface area contributed by atoms with Crippen LogP contribution in [0.4, 0.5) is 5.82 Å². The Morgan fingerprint density at radius 1 is 1.53 bits per heavy atom. The van der Waals surface area contributed by atoms with Gasteiger partial charge in [-0.3, -0.25) is 4.79 Å². The number of hydrogen-bond acceptors (Lipinski definition) is 5. The molecule has 0 saturated carbocycles. The van der Waals surface area contributed by atoms with E-state index < -0.39 is 0 Å². The number of pyridine rings is 1. The summed E-state index contributed by atoms with van der Waals surface area (Å²) >= 11 is 3.35. The molecule has 0 atom stereocenters. The molecule has 0 radical (unpaired) electrons. The number of aromatic nitrogens is 4. The number of amides is 1. The summed E-state index contributed by atoms with van der Waals surface area (Å²) < 4.78 is 2.33. The maximum Gasteiger partial charge on any atom is 0.247 e. The van der Waals surface area contributed by atoms with Crippen molar-refractivity contribution in [2.75, 3.05) is 5.32 Å². The quantitative estimate of drug-likeness (QED) is 0.868. The fraction of sp³-hybridized carbons (Fsp3) is 0.273. The van der Waals surface area contributed by atoms with Crippen molar-refractivity contribution in [1.29, 1.82) is 0 Å². The summed E-state index contributed by atoms with van der Waals surface area (Å²) in [5.41, 5.74) is 6.87. The van der Waals surface area contributed by atoms with Crippen molar-refractivity contribution >= 4 is 27.7 Å². The Kier molecular flexibility index (Phi) is 4.23. The van der Waals surface area contributed by atoms with Crippen LogP contribution in [-0.2, 0) is 17.9 Å². The Morgan fingerprint density at radius 2 is 2.32 bits per heavy atom. The molecule has 0 spiro atoms. The summed E-state index contributed by atoms with van der Waals surface area (Å²) in [6, 6.07) is 3.56. The number of nitrogens with one attached hydrogen (secondary N) is 1. The van der Waals surface area contributed by atoms with Crippen LogP contribution in [0.15, 0.2) is 22.8 Å². The lowest BCUT2D eigenvalue weighted by molar-refractivity contribution is -0.116. The first-order valence-corrected chi connectivity index (χ1v) is 6.40. The number of hydrogen-bond donors (Lipinski definition) is 2. The zero-order valence-electron chi connectivity index (χ0n) is 10.3. The van der Waals surface area contributed by atoms with Crippen molar-refractivity contribution in [2.45, 2.75) is 20.0 Å². The van der Waals surface area contributed by atoms with Crippen LogP contribution in [0.5, 0.6) is 0 Å². The lowest BCUT2D eigenvalue weighted by atomic mass is 10.3. The van der Waals surface area contributed by atoms with Crippen molar-refractivity contribution < 1.29 is 4.79 Å². The van der Waals surface area contributed by atoms with Crippen LogP contribution in [0.2, 0.25) is 0 Å². The molecule has 0 aromatic carbocycles. The van der Waals surface area contributed by atoms with Crippen LogP contribution >= 0.6 is 15.9 Å². The van der Waals surface area contributed by atoms with Crippen molar-refractivity contribution in [2.24, 2.45) is 5.73 Å². The molecule has 7 nitrogen and oxygen atoms in total. The van der Waals surface area contributed by atoms with Gasteiger partial charge in [0, 0.05) is 11.0 Å². The minimum absolute atomic E-state index is 0.0732. The average Bonchev–Trinajstić information content (AvgIpc) is 2.81. The molecule has 0 unspecified atom stereocenters. The third kappa shape index (κ3) is 3.58. The van der Waals surface area contributed by atoms with Crippen LogP contribution in [-0.4, -0.2) is 25.9 Å². The number of halogens is 1. The topological polar surface area (TPSA) is 98.7 Å². The monoisotopic (exact) mass is 324 g/mol. The van der Waals surface area contributed by atoms with Gasteiger partial charge in [0.05, 0.1) is 17.6 Å². The predicted molar refractivity (Wildman–Crippen MR) is 73.2 cm³/mol. The zero-order chi connectivity index (χ0) is 13.8. The molecule has 2 aromatic heterocycles. The van der Waals surface area contributed by atoms with Gasteiger partial charge in [0.25, 0.3) is 0 Å². The molecule has 1 amide bonds. The van der Waals surface area contributed by atoms with E-state index in [1.165, 1.54) is 4.68 Å². The van der Waals surface area contributed by atoms with Gasteiger partial charge in [0.1, 0.15) is 12.4 Å². The average molecular weight is 325 g/mol. The largest absolute Gasteiger partial charge is 0.325 e. The first kappa shape index (κ1) is 13.6. The molecule has 2 rings (SSSR count). The van der Waals surface area contributed by atoms with Crippen molar-refractivity contribution in [3.05, 3.63) is 34.2 Å². The second-order valence-electron chi connectivity index (χ2n) is 3.92. The van der Waals surface area contributed by atoms with E-state index in [-0.39, 0.29) is 12.5 Å². The van der Waals surface area contributed by atoms with Crippen molar-refractivity contribution in [3.8, 4) is 0 Å². The Labute approximate surface area is 118 Å². The van der Waals surface area contributed by atoms with E-state index in [0.717, 1.165) is 10.2 Å². The van der Waals surface area contributed by atoms with E-state index in [1.807, 2.05) is 13.0 Å². The van der Waals surface area contributed by atoms with Gasteiger partial charge in [-0.2, -0.15) is 0 Å². The molecular weight excluding hydrogens is 312 g/mol. The van der Waals surface area contributed by atoms with E-state index in [0.29, 0.717) is 18.1 Å². The van der Waals surface area contributed by atoms with Crippen LogP contribution < -0.4 is 11.1 Å². The van der Waals surface area contributed by atoms with Crippen LogP contribution in [0.25, 0.3) is 0 Å². The number of rotatable bonds is 4.